The van der Waals surface area contributed by atoms with Crippen molar-refractivity contribution >= 4 is 17.5 Å². The minimum absolute atomic E-state index is 0.0619. The maximum atomic E-state index is 14.1. The summed E-state index contributed by atoms with van der Waals surface area (Å²) in [7, 11) is 0. The number of carbonyl (C=O) groups excluding carboxylic acids is 1. The van der Waals surface area contributed by atoms with E-state index in [9.17, 15) is 14.0 Å². The number of rotatable bonds is 6. The molecule has 1 atom stereocenters. The zero-order valence-corrected chi connectivity index (χ0v) is 17.0. The molecule has 3 heterocycles. The highest BCUT2D eigenvalue weighted by Crippen LogP contribution is 2.25. The second-order valence-corrected chi connectivity index (χ2v) is 8.09. The van der Waals surface area contributed by atoms with Gasteiger partial charge in [0.2, 0.25) is 5.91 Å². The lowest BCUT2D eigenvalue weighted by Crippen LogP contribution is -2.38. The Balaban J connectivity index is 1.49. The zero-order chi connectivity index (χ0) is 20.4. The molecule has 2 aromatic rings. The van der Waals surface area contributed by atoms with Gasteiger partial charge in [0.25, 0.3) is 0 Å². The van der Waals surface area contributed by atoms with E-state index >= 15 is 0 Å². The topological polar surface area (TPSA) is 72.2 Å². The van der Waals surface area contributed by atoms with Gasteiger partial charge in [-0.3, -0.25) is 9.36 Å². The number of hydrogen-bond donors (Lipinski definition) is 1. The molecule has 1 saturated heterocycles. The lowest BCUT2D eigenvalue weighted by atomic mass is 9.98. The summed E-state index contributed by atoms with van der Waals surface area (Å²) in [5.74, 6) is -0.599. The highest BCUT2D eigenvalue weighted by molar-refractivity contribution is 6.31. The van der Waals surface area contributed by atoms with Crippen molar-refractivity contribution in [1.82, 2.24) is 24.6 Å². The van der Waals surface area contributed by atoms with E-state index in [1.165, 1.54) is 34.2 Å². The minimum Gasteiger partial charge on any atom is -0.354 e. The van der Waals surface area contributed by atoms with Gasteiger partial charge >= 0.3 is 5.69 Å². The second kappa shape index (κ2) is 8.67. The molecule has 2 aliphatic heterocycles. The lowest BCUT2D eigenvalue weighted by Gasteiger charge is -2.22. The molecule has 1 aromatic carbocycles. The van der Waals surface area contributed by atoms with E-state index in [0.29, 0.717) is 25.3 Å². The van der Waals surface area contributed by atoms with Gasteiger partial charge in [0.05, 0.1) is 12.5 Å². The first-order chi connectivity index (χ1) is 14.0. The molecule has 29 heavy (non-hydrogen) atoms. The number of nitrogens with zero attached hydrogens (tertiary/aromatic N) is 4. The van der Waals surface area contributed by atoms with E-state index in [0.717, 1.165) is 26.1 Å². The van der Waals surface area contributed by atoms with Crippen molar-refractivity contribution in [1.29, 1.82) is 0 Å². The number of fused-ring (bicyclic) bond motifs is 1. The van der Waals surface area contributed by atoms with Crippen LogP contribution in [0.3, 0.4) is 0 Å². The fraction of sp³-hybridized carbons (Fsp3) is 0.550. The molecule has 0 saturated carbocycles. The molecular formula is C20H25ClFN5O2. The molecule has 1 N–H and O–H groups in total. The average Bonchev–Trinajstić information content (AvgIpc) is 3.33. The summed E-state index contributed by atoms with van der Waals surface area (Å²) >= 11 is 6.09. The van der Waals surface area contributed by atoms with Crippen LogP contribution in [-0.2, 0) is 17.9 Å². The summed E-state index contributed by atoms with van der Waals surface area (Å²) in [5.41, 5.74) is -0.118. The third-order valence-electron chi connectivity index (χ3n) is 5.75. The van der Waals surface area contributed by atoms with Gasteiger partial charge in [-0.2, -0.15) is 5.10 Å². The van der Waals surface area contributed by atoms with E-state index in [1.807, 2.05) is 0 Å². The van der Waals surface area contributed by atoms with Gasteiger partial charge in [-0.25, -0.2) is 13.9 Å². The molecule has 156 valence electrons. The number of hydrogen-bond acceptors (Lipinski definition) is 4. The molecule has 7 nitrogen and oxygen atoms in total. The van der Waals surface area contributed by atoms with Crippen molar-refractivity contribution in [2.45, 2.75) is 44.7 Å². The standard InChI is InChI=1S/C20H25ClFN5O2/c21-16-6-3-7-17(22)15(16)13-27-20(29)26-11-4-5-14(18(26)24-27)19(28)23-8-12-25-9-1-2-10-25/h3,6-7,14H,1-2,4-5,8-13H2,(H,23,28). The first kappa shape index (κ1) is 20.1. The molecule has 9 heteroatoms. The largest absolute Gasteiger partial charge is 0.354 e. The van der Waals surface area contributed by atoms with Gasteiger partial charge in [-0.05, 0) is 50.9 Å². The molecule has 0 aliphatic carbocycles. The van der Waals surface area contributed by atoms with Crippen LogP contribution in [0.5, 0.6) is 0 Å². The second-order valence-electron chi connectivity index (χ2n) is 7.68. The molecule has 0 spiro atoms. The molecule has 0 radical (unpaired) electrons. The van der Waals surface area contributed by atoms with E-state index in [1.54, 1.807) is 6.07 Å². The van der Waals surface area contributed by atoms with Gasteiger partial charge in [0.1, 0.15) is 11.6 Å². The summed E-state index contributed by atoms with van der Waals surface area (Å²) in [6.07, 6.45) is 3.80. The molecule has 1 aromatic heterocycles. The van der Waals surface area contributed by atoms with Crippen LogP contribution < -0.4 is 11.0 Å². The maximum absolute atomic E-state index is 14.1. The Morgan fingerprint density at radius 3 is 2.79 bits per heavy atom. The Bertz CT molecular complexity index is 931. The van der Waals surface area contributed by atoms with E-state index in [2.05, 4.69) is 15.3 Å². The average molecular weight is 422 g/mol. The monoisotopic (exact) mass is 421 g/mol. The van der Waals surface area contributed by atoms with Gasteiger partial charge < -0.3 is 10.2 Å². The summed E-state index contributed by atoms with van der Waals surface area (Å²) in [5, 5.41) is 7.63. The van der Waals surface area contributed by atoms with Crippen molar-refractivity contribution in [2.24, 2.45) is 0 Å². The minimum atomic E-state index is -0.480. The number of amides is 1. The van der Waals surface area contributed by atoms with Crippen LogP contribution >= 0.6 is 11.6 Å². The van der Waals surface area contributed by atoms with E-state index < -0.39 is 11.7 Å². The first-order valence-corrected chi connectivity index (χ1v) is 10.5. The molecule has 4 rings (SSSR count). The Morgan fingerprint density at radius 1 is 1.24 bits per heavy atom. The number of nitrogens with one attached hydrogen (secondary N) is 1. The summed E-state index contributed by atoms with van der Waals surface area (Å²) in [4.78, 5) is 27.8. The van der Waals surface area contributed by atoms with Gasteiger partial charge in [-0.1, -0.05) is 17.7 Å². The summed E-state index contributed by atoms with van der Waals surface area (Å²) in [6, 6.07) is 4.40. The van der Waals surface area contributed by atoms with Gasteiger partial charge in [-0.15, -0.1) is 0 Å². The molecule has 2 aliphatic rings. The van der Waals surface area contributed by atoms with Gasteiger partial charge in [0, 0.05) is 30.2 Å². The molecule has 1 fully saturated rings. The van der Waals surface area contributed by atoms with E-state index in [4.69, 9.17) is 11.6 Å². The molecule has 1 amide bonds. The third-order valence-corrected chi connectivity index (χ3v) is 6.10. The first-order valence-electron chi connectivity index (χ1n) is 10.1. The number of carbonyl (C=O) groups is 1. The molecular weight excluding hydrogens is 397 g/mol. The van der Waals surface area contributed by atoms with Crippen molar-refractivity contribution in [3.63, 3.8) is 0 Å². The fourth-order valence-corrected chi connectivity index (χ4v) is 4.38. The SMILES string of the molecule is O=C(NCCN1CCCC1)C1CCCn2c1nn(Cc1c(F)cccc1Cl)c2=O. The Hall–Kier alpha value is -2.19. The molecule has 1 unspecified atom stereocenters. The third kappa shape index (κ3) is 4.23. The quantitative estimate of drug-likeness (QED) is 0.774. The van der Waals surface area contributed by atoms with Crippen molar-refractivity contribution in [3.05, 3.63) is 50.9 Å². The van der Waals surface area contributed by atoms with Crippen LogP contribution in [-0.4, -0.2) is 51.3 Å². The highest BCUT2D eigenvalue weighted by atomic mass is 35.5. The normalized spacial score (nSPS) is 19.3. The number of likely N-dealkylation sites (tertiary alicyclic amines) is 1. The van der Waals surface area contributed by atoms with Crippen molar-refractivity contribution in [3.8, 4) is 0 Å². The van der Waals surface area contributed by atoms with Crippen molar-refractivity contribution < 1.29 is 9.18 Å². The van der Waals surface area contributed by atoms with Crippen LogP contribution in [0.1, 0.15) is 43.0 Å². The highest BCUT2D eigenvalue weighted by Gasteiger charge is 2.31. The summed E-state index contributed by atoms with van der Waals surface area (Å²) in [6.45, 7) is 4.05. The van der Waals surface area contributed by atoms with Crippen LogP contribution in [0.25, 0.3) is 0 Å². The Labute approximate surface area is 173 Å². The Morgan fingerprint density at radius 2 is 2.03 bits per heavy atom. The summed E-state index contributed by atoms with van der Waals surface area (Å²) < 4.78 is 16.9. The predicted molar refractivity (Wildman–Crippen MR) is 108 cm³/mol. The van der Waals surface area contributed by atoms with Gasteiger partial charge in [0.15, 0.2) is 0 Å². The zero-order valence-electron chi connectivity index (χ0n) is 16.2. The van der Waals surface area contributed by atoms with Crippen LogP contribution in [0.2, 0.25) is 5.02 Å². The predicted octanol–water partition coefficient (Wildman–Crippen LogP) is 1.97. The lowest BCUT2D eigenvalue weighted by molar-refractivity contribution is -0.123. The Kier molecular flexibility index (Phi) is 6.01. The fourth-order valence-electron chi connectivity index (χ4n) is 4.16. The number of halogens is 2. The molecule has 0 bridgehead atoms. The van der Waals surface area contributed by atoms with Crippen LogP contribution in [0, 0.1) is 5.82 Å². The van der Waals surface area contributed by atoms with Crippen molar-refractivity contribution in [2.75, 3.05) is 26.2 Å². The van der Waals surface area contributed by atoms with Crippen LogP contribution in [0.15, 0.2) is 23.0 Å². The smallest absolute Gasteiger partial charge is 0.346 e. The van der Waals surface area contributed by atoms with E-state index in [-0.39, 0.29) is 28.7 Å². The number of aromatic nitrogens is 3. The maximum Gasteiger partial charge on any atom is 0.346 e. The number of benzene rings is 1. The van der Waals surface area contributed by atoms with Crippen LogP contribution in [0.4, 0.5) is 4.39 Å².